The summed E-state index contributed by atoms with van der Waals surface area (Å²) < 4.78 is 47.6. The number of rotatable bonds is 8. The van der Waals surface area contributed by atoms with E-state index < -0.39 is 27.0 Å². The van der Waals surface area contributed by atoms with E-state index in [0.29, 0.717) is 0 Å². The maximum absolute atomic E-state index is 11.3. The highest BCUT2D eigenvalue weighted by Crippen LogP contribution is 2.16. The van der Waals surface area contributed by atoms with Gasteiger partial charge in [0.25, 0.3) is 0 Å². The highest BCUT2D eigenvalue weighted by Gasteiger charge is 2.16. The topological polar surface area (TPSA) is 119 Å². The molecular weight excluding hydrogens is 390 g/mol. The predicted octanol–water partition coefficient (Wildman–Crippen LogP) is 1.28. The van der Waals surface area contributed by atoms with Crippen LogP contribution in [0.15, 0.2) is 23.1 Å². The molecule has 0 spiro atoms. The van der Waals surface area contributed by atoms with Crippen molar-refractivity contribution in [3.63, 3.8) is 0 Å². The van der Waals surface area contributed by atoms with E-state index in [1.165, 1.54) is 13.1 Å². The Morgan fingerprint density at radius 2 is 1.39 bits per heavy atom. The van der Waals surface area contributed by atoms with Gasteiger partial charge in [0.05, 0.1) is 57.0 Å². The summed E-state index contributed by atoms with van der Waals surface area (Å²) in [5, 5.41) is 0. The Bertz CT molecular complexity index is 723. The Morgan fingerprint density at radius 1 is 0.964 bits per heavy atom. The van der Waals surface area contributed by atoms with Gasteiger partial charge >= 0.3 is 11.9 Å². The summed E-state index contributed by atoms with van der Waals surface area (Å²) in [5.74, 6) is -1.74. The third-order valence-electron chi connectivity index (χ3n) is 4.40. The summed E-state index contributed by atoms with van der Waals surface area (Å²) in [6, 6.07) is 2.74. The van der Waals surface area contributed by atoms with E-state index in [-0.39, 0.29) is 11.1 Å². The Labute approximate surface area is 166 Å². The molecule has 0 atom stereocenters. The number of methoxy groups -OCH3 is 3. The zero-order valence-corrected chi connectivity index (χ0v) is 18.0. The van der Waals surface area contributed by atoms with Crippen molar-refractivity contribution in [2.24, 2.45) is 0 Å². The maximum atomic E-state index is 11.3. The molecule has 0 aliphatic heterocycles. The van der Waals surface area contributed by atoms with E-state index in [4.69, 9.17) is 4.74 Å². The van der Waals surface area contributed by atoms with Crippen molar-refractivity contribution in [3.05, 3.63) is 29.3 Å². The Kier molecular flexibility index (Phi) is 10.9. The lowest BCUT2D eigenvalue weighted by Gasteiger charge is -2.31. The standard InChI is InChI=1S/C10H10O7S.C8H20NO/c1-16-9(11)6-3-7(10(12)17-2)5-8(4-6)18(13,14)15;1-5-9(3,6-2)7-8-10-4/h3-5H,1-2H3,(H,13,14,15);5-8H2,1-4H3/q;+1/p-1. The fourth-order valence-electron chi connectivity index (χ4n) is 2.07. The number of benzene rings is 1. The normalized spacial score (nSPS) is 11.2. The van der Waals surface area contributed by atoms with Gasteiger partial charge in [0, 0.05) is 7.11 Å². The molecular formula is C18H29NO8S. The molecule has 0 aliphatic carbocycles. The van der Waals surface area contributed by atoms with Crippen LogP contribution in [-0.4, -0.2) is 84.0 Å². The Morgan fingerprint density at radius 3 is 1.68 bits per heavy atom. The van der Waals surface area contributed by atoms with E-state index in [2.05, 4.69) is 30.4 Å². The first-order valence-corrected chi connectivity index (χ1v) is 9.98. The molecule has 10 heteroatoms. The molecule has 1 rings (SSSR count). The zero-order chi connectivity index (χ0) is 22.0. The fourth-order valence-corrected chi connectivity index (χ4v) is 2.61. The predicted molar refractivity (Wildman–Crippen MR) is 101 cm³/mol. The third kappa shape index (κ3) is 8.34. The summed E-state index contributed by atoms with van der Waals surface area (Å²) in [7, 11) is 1.39. The molecule has 0 saturated carbocycles. The minimum Gasteiger partial charge on any atom is -0.744 e. The molecule has 0 bridgehead atoms. The third-order valence-corrected chi connectivity index (χ3v) is 5.21. The molecule has 0 amide bonds. The number of ether oxygens (including phenoxy) is 3. The number of carbonyl (C=O) groups excluding carboxylic acids is 2. The van der Waals surface area contributed by atoms with E-state index in [0.717, 1.165) is 50.1 Å². The van der Waals surface area contributed by atoms with Gasteiger partial charge in [-0.2, -0.15) is 0 Å². The van der Waals surface area contributed by atoms with Crippen molar-refractivity contribution in [1.29, 1.82) is 0 Å². The van der Waals surface area contributed by atoms with Gasteiger partial charge in [0.2, 0.25) is 0 Å². The van der Waals surface area contributed by atoms with Crippen molar-refractivity contribution in [2.45, 2.75) is 18.7 Å². The minimum atomic E-state index is -4.80. The molecule has 1 aromatic carbocycles. The van der Waals surface area contributed by atoms with E-state index in [1.54, 1.807) is 7.11 Å². The molecule has 0 N–H and O–H groups in total. The molecule has 9 nitrogen and oxygen atoms in total. The summed E-state index contributed by atoms with van der Waals surface area (Å²) in [6.45, 7) is 8.83. The summed E-state index contributed by atoms with van der Waals surface area (Å²) in [4.78, 5) is 21.9. The average Bonchev–Trinajstić information content (AvgIpc) is 2.70. The number of hydrogen-bond acceptors (Lipinski definition) is 8. The van der Waals surface area contributed by atoms with Gasteiger partial charge in [-0.15, -0.1) is 0 Å². The number of carbonyl (C=O) groups is 2. The van der Waals surface area contributed by atoms with Gasteiger partial charge in [0.15, 0.2) is 0 Å². The molecule has 0 aromatic heterocycles. The van der Waals surface area contributed by atoms with Crippen LogP contribution in [0.5, 0.6) is 0 Å². The molecule has 0 saturated heterocycles. The quantitative estimate of drug-likeness (QED) is 0.351. The molecule has 0 radical (unpaired) electrons. The van der Waals surface area contributed by atoms with Crippen LogP contribution < -0.4 is 0 Å². The molecule has 0 heterocycles. The van der Waals surface area contributed by atoms with Crippen molar-refractivity contribution >= 4 is 22.1 Å². The van der Waals surface area contributed by atoms with Crippen molar-refractivity contribution in [2.75, 3.05) is 54.6 Å². The van der Waals surface area contributed by atoms with Crippen LogP contribution in [0.1, 0.15) is 34.6 Å². The first kappa shape index (κ1) is 26.0. The van der Waals surface area contributed by atoms with Gasteiger partial charge in [-0.3, -0.25) is 0 Å². The second-order valence-corrected chi connectivity index (χ2v) is 7.53. The Balaban J connectivity index is 0.000000621. The van der Waals surface area contributed by atoms with Gasteiger partial charge in [0.1, 0.15) is 16.7 Å². The van der Waals surface area contributed by atoms with Crippen molar-refractivity contribution in [3.8, 4) is 0 Å². The van der Waals surface area contributed by atoms with Crippen molar-refractivity contribution < 1.29 is 41.3 Å². The highest BCUT2D eigenvalue weighted by molar-refractivity contribution is 7.85. The van der Waals surface area contributed by atoms with Gasteiger partial charge in [-0.1, -0.05) is 0 Å². The second-order valence-electron chi connectivity index (χ2n) is 6.15. The van der Waals surface area contributed by atoms with Crippen LogP contribution in [-0.2, 0) is 24.3 Å². The summed E-state index contributed by atoms with van der Waals surface area (Å²) >= 11 is 0. The molecule has 0 unspecified atom stereocenters. The highest BCUT2D eigenvalue weighted by atomic mass is 32.2. The van der Waals surface area contributed by atoms with Crippen LogP contribution in [0.25, 0.3) is 0 Å². The van der Waals surface area contributed by atoms with Crippen LogP contribution in [0, 0.1) is 0 Å². The minimum absolute atomic E-state index is 0.227. The van der Waals surface area contributed by atoms with Crippen molar-refractivity contribution in [1.82, 2.24) is 0 Å². The average molecular weight is 419 g/mol. The first-order valence-electron chi connectivity index (χ1n) is 8.58. The Hall–Kier alpha value is -2.01. The lowest BCUT2D eigenvalue weighted by atomic mass is 10.1. The zero-order valence-electron chi connectivity index (χ0n) is 17.2. The van der Waals surface area contributed by atoms with Crippen LogP contribution in [0.4, 0.5) is 0 Å². The van der Waals surface area contributed by atoms with Crippen LogP contribution in [0.2, 0.25) is 0 Å². The summed E-state index contributed by atoms with van der Waals surface area (Å²) in [6.07, 6.45) is 0. The van der Waals surface area contributed by atoms with Crippen LogP contribution >= 0.6 is 0 Å². The SMILES string of the molecule is CC[N+](C)(CC)CCOC.COC(=O)c1cc(C(=O)OC)cc(S(=O)(=O)[O-])c1. The van der Waals surface area contributed by atoms with E-state index in [1.807, 2.05) is 0 Å². The van der Waals surface area contributed by atoms with E-state index >= 15 is 0 Å². The second kappa shape index (κ2) is 11.7. The largest absolute Gasteiger partial charge is 0.744 e. The first-order chi connectivity index (χ1) is 13.0. The lowest BCUT2D eigenvalue weighted by molar-refractivity contribution is -0.906. The number of hydrogen-bond donors (Lipinski definition) is 0. The monoisotopic (exact) mass is 419 g/mol. The molecule has 28 heavy (non-hydrogen) atoms. The molecule has 160 valence electrons. The van der Waals surface area contributed by atoms with Gasteiger partial charge in [-0.25, -0.2) is 18.0 Å². The molecule has 0 aliphatic rings. The molecule has 0 fully saturated rings. The maximum Gasteiger partial charge on any atom is 0.337 e. The number of likely N-dealkylation sites (N-methyl/N-ethyl adjacent to an activating group) is 1. The summed E-state index contributed by atoms with van der Waals surface area (Å²) in [5.41, 5.74) is -0.454. The van der Waals surface area contributed by atoms with Gasteiger partial charge in [-0.05, 0) is 32.0 Å². The lowest BCUT2D eigenvalue weighted by Crippen LogP contribution is -2.45. The molecule has 1 aromatic rings. The van der Waals surface area contributed by atoms with Gasteiger partial charge < -0.3 is 23.2 Å². The fraction of sp³-hybridized carbons (Fsp3) is 0.556. The van der Waals surface area contributed by atoms with Crippen LogP contribution in [0.3, 0.4) is 0 Å². The smallest absolute Gasteiger partial charge is 0.337 e. The number of nitrogens with zero attached hydrogens (tertiary/aromatic N) is 1. The van der Waals surface area contributed by atoms with E-state index in [9.17, 15) is 22.6 Å². The number of esters is 2. The number of quaternary nitrogens is 1.